The van der Waals surface area contributed by atoms with Crippen LogP contribution in [0.15, 0.2) is 18.5 Å². The van der Waals surface area contributed by atoms with Crippen molar-refractivity contribution < 1.29 is 0 Å². The second kappa shape index (κ2) is 5.98. The highest BCUT2D eigenvalue weighted by atomic mass is 15.1. The first-order chi connectivity index (χ1) is 9.80. The van der Waals surface area contributed by atoms with Crippen molar-refractivity contribution in [2.24, 2.45) is 0 Å². The lowest BCUT2D eigenvalue weighted by Crippen LogP contribution is -2.35. The molecule has 0 aliphatic heterocycles. The molecule has 0 unspecified atom stereocenters. The van der Waals surface area contributed by atoms with Crippen LogP contribution >= 0.6 is 0 Å². The number of hydrogen-bond donors (Lipinski definition) is 1. The van der Waals surface area contributed by atoms with Crippen molar-refractivity contribution in [1.29, 1.82) is 0 Å². The second-order valence-electron chi connectivity index (χ2n) is 6.57. The van der Waals surface area contributed by atoms with Gasteiger partial charge >= 0.3 is 0 Å². The van der Waals surface area contributed by atoms with Gasteiger partial charge in [0.25, 0.3) is 0 Å². The molecule has 0 bridgehead atoms. The molecule has 0 saturated carbocycles. The Morgan fingerprint density at radius 2 is 1.90 bits per heavy atom. The average Bonchev–Trinajstić information content (AvgIpc) is 2.76. The van der Waals surface area contributed by atoms with Crippen LogP contribution in [-0.2, 0) is 13.0 Å². The van der Waals surface area contributed by atoms with Gasteiger partial charge in [0, 0.05) is 23.5 Å². The van der Waals surface area contributed by atoms with Gasteiger partial charge in [-0.15, -0.1) is 0 Å². The van der Waals surface area contributed by atoms with E-state index in [0.29, 0.717) is 0 Å². The zero-order chi connectivity index (χ0) is 15.6. The van der Waals surface area contributed by atoms with E-state index in [4.69, 9.17) is 4.98 Å². The van der Waals surface area contributed by atoms with Gasteiger partial charge in [0.15, 0.2) is 0 Å². The van der Waals surface area contributed by atoms with Gasteiger partial charge in [-0.2, -0.15) is 0 Å². The summed E-state index contributed by atoms with van der Waals surface area (Å²) < 4.78 is 2.06. The normalized spacial score (nSPS) is 11.9. The highest BCUT2D eigenvalue weighted by Gasteiger charge is 2.11. The lowest BCUT2D eigenvalue weighted by atomic mass is 10.1. The van der Waals surface area contributed by atoms with Crippen LogP contribution in [0.5, 0.6) is 0 Å². The molecule has 0 radical (unpaired) electrons. The van der Waals surface area contributed by atoms with E-state index in [9.17, 15) is 0 Å². The minimum atomic E-state index is 0.108. The average molecular weight is 286 g/mol. The van der Waals surface area contributed by atoms with Crippen LogP contribution in [-0.4, -0.2) is 20.1 Å². The molecular weight excluding hydrogens is 260 g/mol. The highest BCUT2D eigenvalue weighted by molar-refractivity contribution is 5.34. The second-order valence-corrected chi connectivity index (χ2v) is 6.57. The summed E-state index contributed by atoms with van der Waals surface area (Å²) in [4.78, 5) is 9.11. The van der Waals surface area contributed by atoms with Gasteiger partial charge in [-0.1, -0.05) is 6.92 Å². The van der Waals surface area contributed by atoms with Crippen molar-refractivity contribution in [3.05, 3.63) is 41.1 Å². The third-order valence-electron chi connectivity index (χ3n) is 3.61. The monoisotopic (exact) mass is 286 g/mol. The Morgan fingerprint density at radius 3 is 2.43 bits per heavy atom. The van der Waals surface area contributed by atoms with Crippen LogP contribution in [0.3, 0.4) is 0 Å². The molecule has 4 nitrogen and oxygen atoms in total. The molecule has 0 aliphatic rings. The largest absolute Gasteiger partial charge is 0.308 e. The standard InChI is InChI=1S/C17H26N4/c1-7-15-8-14(10-19-17(4,5)6)9-16(20-15)21-11-18-12(2)13(21)3/h8-9,11,19H,7,10H2,1-6H3. The molecule has 0 aromatic carbocycles. The molecule has 0 spiro atoms. The van der Waals surface area contributed by atoms with Gasteiger partial charge in [0.2, 0.25) is 0 Å². The lowest BCUT2D eigenvalue weighted by molar-refractivity contribution is 0.424. The lowest BCUT2D eigenvalue weighted by Gasteiger charge is -2.21. The molecule has 2 heterocycles. The van der Waals surface area contributed by atoms with Crippen molar-refractivity contribution in [2.75, 3.05) is 0 Å². The SMILES string of the molecule is CCc1cc(CNC(C)(C)C)cc(-n2cnc(C)c2C)n1. The molecule has 2 aromatic heterocycles. The number of aromatic nitrogens is 3. The Balaban J connectivity index is 2.36. The van der Waals surface area contributed by atoms with E-state index in [2.05, 4.69) is 61.6 Å². The van der Waals surface area contributed by atoms with Gasteiger partial charge in [0.1, 0.15) is 12.1 Å². The topological polar surface area (TPSA) is 42.7 Å². The third kappa shape index (κ3) is 3.91. The molecule has 1 N–H and O–H groups in total. The Kier molecular flexibility index (Phi) is 4.47. The fourth-order valence-electron chi connectivity index (χ4n) is 2.14. The minimum Gasteiger partial charge on any atom is -0.308 e. The molecule has 0 fully saturated rings. The zero-order valence-corrected chi connectivity index (χ0v) is 14.0. The predicted molar refractivity (Wildman–Crippen MR) is 86.8 cm³/mol. The van der Waals surface area contributed by atoms with Crippen LogP contribution in [0.2, 0.25) is 0 Å². The molecule has 114 valence electrons. The van der Waals surface area contributed by atoms with Gasteiger partial charge in [-0.3, -0.25) is 4.57 Å². The summed E-state index contributed by atoms with van der Waals surface area (Å²) in [6.07, 6.45) is 2.79. The summed E-state index contributed by atoms with van der Waals surface area (Å²) >= 11 is 0. The molecule has 21 heavy (non-hydrogen) atoms. The maximum absolute atomic E-state index is 4.74. The first kappa shape index (κ1) is 15.7. The number of aryl methyl sites for hydroxylation is 2. The summed E-state index contributed by atoms with van der Waals surface area (Å²) in [6, 6.07) is 4.33. The Bertz CT molecular complexity index is 620. The molecular formula is C17H26N4. The van der Waals surface area contributed by atoms with Crippen LogP contribution in [0.4, 0.5) is 0 Å². The van der Waals surface area contributed by atoms with Crippen molar-refractivity contribution in [3.8, 4) is 5.82 Å². The van der Waals surface area contributed by atoms with Crippen molar-refractivity contribution in [2.45, 2.75) is 60.0 Å². The number of pyridine rings is 1. The number of nitrogens with one attached hydrogen (secondary N) is 1. The van der Waals surface area contributed by atoms with Crippen molar-refractivity contribution in [1.82, 2.24) is 19.9 Å². The number of imidazole rings is 1. The van der Waals surface area contributed by atoms with Gasteiger partial charge in [-0.05, 0) is 58.7 Å². The van der Waals surface area contributed by atoms with Crippen LogP contribution in [0.25, 0.3) is 5.82 Å². The summed E-state index contributed by atoms with van der Waals surface area (Å²) in [5, 5.41) is 3.54. The maximum Gasteiger partial charge on any atom is 0.138 e. The summed E-state index contributed by atoms with van der Waals surface area (Å²) in [7, 11) is 0. The van der Waals surface area contributed by atoms with E-state index in [0.717, 1.165) is 35.9 Å². The Labute approximate surface area is 127 Å². The molecule has 0 saturated heterocycles. The maximum atomic E-state index is 4.74. The molecule has 2 aromatic rings. The molecule has 4 heteroatoms. The quantitative estimate of drug-likeness (QED) is 0.937. The summed E-state index contributed by atoms with van der Waals surface area (Å²) in [6.45, 7) is 13.6. The number of hydrogen-bond acceptors (Lipinski definition) is 3. The van der Waals surface area contributed by atoms with Crippen molar-refractivity contribution in [3.63, 3.8) is 0 Å². The van der Waals surface area contributed by atoms with E-state index >= 15 is 0 Å². The first-order valence-corrected chi connectivity index (χ1v) is 7.56. The third-order valence-corrected chi connectivity index (χ3v) is 3.61. The molecule has 0 amide bonds. The zero-order valence-electron chi connectivity index (χ0n) is 14.0. The van der Waals surface area contributed by atoms with E-state index in [1.54, 1.807) is 0 Å². The molecule has 0 atom stereocenters. The van der Waals surface area contributed by atoms with E-state index in [1.807, 2.05) is 13.3 Å². The first-order valence-electron chi connectivity index (χ1n) is 7.56. The number of rotatable bonds is 4. The van der Waals surface area contributed by atoms with Crippen LogP contribution < -0.4 is 5.32 Å². The Hall–Kier alpha value is -1.68. The van der Waals surface area contributed by atoms with E-state index < -0.39 is 0 Å². The smallest absolute Gasteiger partial charge is 0.138 e. The number of nitrogens with zero attached hydrogens (tertiary/aromatic N) is 3. The minimum absolute atomic E-state index is 0.108. The Morgan fingerprint density at radius 1 is 1.19 bits per heavy atom. The summed E-state index contributed by atoms with van der Waals surface area (Å²) in [5.41, 5.74) is 4.68. The fraction of sp³-hybridized carbons (Fsp3) is 0.529. The predicted octanol–water partition coefficient (Wildman–Crippen LogP) is 3.33. The van der Waals surface area contributed by atoms with Gasteiger partial charge in [-0.25, -0.2) is 9.97 Å². The van der Waals surface area contributed by atoms with Crippen LogP contribution in [0, 0.1) is 13.8 Å². The summed E-state index contributed by atoms with van der Waals surface area (Å²) in [5.74, 6) is 0.957. The van der Waals surface area contributed by atoms with E-state index in [-0.39, 0.29) is 5.54 Å². The highest BCUT2D eigenvalue weighted by Crippen LogP contribution is 2.16. The van der Waals surface area contributed by atoms with E-state index in [1.165, 1.54) is 5.56 Å². The van der Waals surface area contributed by atoms with Gasteiger partial charge in [0.05, 0.1) is 5.69 Å². The fourth-order valence-corrected chi connectivity index (χ4v) is 2.14. The van der Waals surface area contributed by atoms with Crippen molar-refractivity contribution >= 4 is 0 Å². The molecule has 0 aliphatic carbocycles. The van der Waals surface area contributed by atoms with Gasteiger partial charge < -0.3 is 5.32 Å². The van der Waals surface area contributed by atoms with Crippen LogP contribution in [0.1, 0.15) is 50.3 Å². The molecule has 2 rings (SSSR count).